The highest BCUT2D eigenvalue weighted by Crippen LogP contribution is 2.27. The minimum atomic E-state index is -3.38. The molecule has 0 aromatic heterocycles. The van der Waals surface area contributed by atoms with Gasteiger partial charge in [-0.25, -0.2) is 8.42 Å². The van der Waals surface area contributed by atoms with E-state index in [4.69, 9.17) is 0 Å². The van der Waals surface area contributed by atoms with E-state index in [0.29, 0.717) is 19.5 Å². The van der Waals surface area contributed by atoms with Crippen LogP contribution in [0, 0.1) is 0 Å². The van der Waals surface area contributed by atoms with Gasteiger partial charge in [-0.3, -0.25) is 4.31 Å². The van der Waals surface area contributed by atoms with Gasteiger partial charge >= 0.3 is 0 Å². The number of hydrogen-bond donors (Lipinski definition) is 0. The van der Waals surface area contributed by atoms with Gasteiger partial charge in [-0.05, 0) is 60.0 Å². The molecule has 4 nitrogen and oxygen atoms in total. The van der Waals surface area contributed by atoms with Crippen molar-refractivity contribution in [3.8, 4) is 0 Å². The number of rotatable bonds is 13. The lowest BCUT2D eigenvalue weighted by Gasteiger charge is -2.28. The molecule has 0 unspecified atom stereocenters. The van der Waals surface area contributed by atoms with Crippen LogP contribution in [0.2, 0.25) is 0 Å². The summed E-state index contributed by atoms with van der Waals surface area (Å²) in [5.41, 5.74) is 5.18. The first kappa shape index (κ1) is 29.6. The van der Waals surface area contributed by atoms with Crippen molar-refractivity contribution in [3.05, 3.63) is 102 Å². The van der Waals surface area contributed by atoms with Crippen LogP contribution in [0.3, 0.4) is 0 Å². The molecular weight excluding hydrogens is 488 g/mol. The topological polar surface area (TPSA) is 40.6 Å². The number of sulfonamides is 1. The minimum Gasteiger partial charge on any atom is -0.302 e. The normalized spacial score (nSPS) is 11.1. The molecule has 0 saturated carbocycles. The molecule has 0 fully saturated rings. The molecule has 0 saturated heterocycles. The standard InChI is InChI=1S/C30H38N2O2S.ClH/c1-4-7-24-35(33,34)32(23-22-31(5-2)6-3)29-20-18-26(19-21-29)25-30(27-14-10-8-11-15-27)28-16-12-9-13-17-28;/h8-21,25H,4-7,22-24H2,1-3H3;1H. The van der Waals surface area contributed by atoms with Gasteiger partial charge in [0.05, 0.1) is 11.4 Å². The van der Waals surface area contributed by atoms with E-state index in [9.17, 15) is 8.42 Å². The van der Waals surface area contributed by atoms with Crippen LogP contribution < -0.4 is 4.31 Å². The number of halogens is 1. The van der Waals surface area contributed by atoms with Crippen molar-refractivity contribution in [3.63, 3.8) is 0 Å². The van der Waals surface area contributed by atoms with Crippen molar-refractivity contribution >= 4 is 39.8 Å². The van der Waals surface area contributed by atoms with E-state index in [1.165, 1.54) is 0 Å². The SMILES string of the molecule is CCCCS(=O)(=O)N(CCN(CC)CC)c1ccc(C=C(c2ccccc2)c2ccccc2)cc1.Cl. The van der Waals surface area contributed by atoms with Crippen molar-refractivity contribution in [2.75, 3.05) is 36.2 Å². The van der Waals surface area contributed by atoms with Gasteiger partial charge < -0.3 is 4.90 Å². The summed E-state index contributed by atoms with van der Waals surface area (Å²) in [6.07, 6.45) is 3.69. The lowest BCUT2D eigenvalue weighted by atomic mass is 9.96. The van der Waals surface area contributed by atoms with Crippen LogP contribution in [-0.4, -0.2) is 45.2 Å². The Bertz CT molecular complexity index is 1120. The molecule has 0 heterocycles. The van der Waals surface area contributed by atoms with E-state index in [0.717, 1.165) is 47.5 Å². The second-order valence-corrected chi connectivity index (χ2v) is 10.7. The Balaban J connectivity index is 0.00000456. The Hall–Kier alpha value is -2.60. The zero-order chi connectivity index (χ0) is 25.1. The van der Waals surface area contributed by atoms with Crippen molar-refractivity contribution in [1.29, 1.82) is 0 Å². The molecule has 3 aromatic carbocycles. The van der Waals surface area contributed by atoms with E-state index >= 15 is 0 Å². The second kappa shape index (κ2) is 14.8. The first-order chi connectivity index (χ1) is 17.0. The van der Waals surface area contributed by atoms with Crippen LogP contribution in [-0.2, 0) is 10.0 Å². The monoisotopic (exact) mass is 526 g/mol. The van der Waals surface area contributed by atoms with Gasteiger partial charge in [0.15, 0.2) is 0 Å². The van der Waals surface area contributed by atoms with Crippen LogP contribution in [0.5, 0.6) is 0 Å². The molecule has 0 radical (unpaired) electrons. The van der Waals surface area contributed by atoms with Crippen LogP contribution in [0.15, 0.2) is 84.9 Å². The highest BCUT2D eigenvalue weighted by Gasteiger charge is 2.22. The molecule has 3 rings (SSSR count). The van der Waals surface area contributed by atoms with Crippen LogP contribution >= 0.6 is 12.4 Å². The summed E-state index contributed by atoms with van der Waals surface area (Å²) >= 11 is 0. The molecule has 0 aliphatic rings. The minimum absolute atomic E-state index is 0. The average Bonchev–Trinajstić information content (AvgIpc) is 2.90. The number of nitrogens with zero attached hydrogens (tertiary/aromatic N) is 2. The summed E-state index contributed by atoms with van der Waals surface area (Å²) in [4.78, 5) is 2.26. The van der Waals surface area contributed by atoms with Crippen LogP contribution in [0.1, 0.15) is 50.3 Å². The highest BCUT2D eigenvalue weighted by atomic mass is 35.5. The molecule has 0 aliphatic carbocycles. The summed E-state index contributed by atoms with van der Waals surface area (Å²) in [7, 11) is -3.38. The molecule has 3 aromatic rings. The fourth-order valence-corrected chi connectivity index (χ4v) is 5.79. The molecule has 0 N–H and O–H groups in total. The van der Waals surface area contributed by atoms with Crippen LogP contribution in [0.4, 0.5) is 5.69 Å². The van der Waals surface area contributed by atoms with E-state index in [1.54, 1.807) is 4.31 Å². The fraction of sp³-hybridized carbons (Fsp3) is 0.333. The number of anilines is 1. The molecule has 0 amide bonds. The van der Waals surface area contributed by atoms with Gasteiger partial charge in [0.2, 0.25) is 10.0 Å². The molecule has 194 valence electrons. The number of hydrogen-bond acceptors (Lipinski definition) is 3. The van der Waals surface area contributed by atoms with E-state index < -0.39 is 10.0 Å². The maximum Gasteiger partial charge on any atom is 0.235 e. The van der Waals surface area contributed by atoms with Crippen molar-refractivity contribution < 1.29 is 8.42 Å². The second-order valence-electron chi connectivity index (χ2n) is 8.65. The van der Waals surface area contributed by atoms with Gasteiger partial charge in [-0.2, -0.15) is 0 Å². The van der Waals surface area contributed by atoms with Crippen molar-refractivity contribution in [1.82, 2.24) is 4.90 Å². The Morgan fingerprint density at radius 2 is 1.28 bits per heavy atom. The Morgan fingerprint density at radius 3 is 1.75 bits per heavy atom. The number of benzene rings is 3. The van der Waals surface area contributed by atoms with Gasteiger partial charge in [0.25, 0.3) is 0 Å². The van der Waals surface area contributed by atoms with Gasteiger partial charge in [0.1, 0.15) is 0 Å². The van der Waals surface area contributed by atoms with E-state index in [-0.39, 0.29) is 18.2 Å². The third-order valence-electron chi connectivity index (χ3n) is 6.27. The van der Waals surface area contributed by atoms with Gasteiger partial charge in [-0.15, -0.1) is 12.4 Å². The first-order valence-electron chi connectivity index (χ1n) is 12.6. The van der Waals surface area contributed by atoms with Crippen LogP contribution in [0.25, 0.3) is 11.6 Å². The predicted octanol–water partition coefficient (Wildman–Crippen LogP) is 6.98. The molecule has 0 aliphatic heterocycles. The Kier molecular flexibility index (Phi) is 12.2. The number of likely N-dealkylation sites (N-methyl/N-ethyl adjacent to an activating group) is 1. The summed E-state index contributed by atoms with van der Waals surface area (Å²) in [6.45, 7) is 9.23. The van der Waals surface area contributed by atoms with Crippen molar-refractivity contribution in [2.45, 2.75) is 33.6 Å². The third-order valence-corrected chi connectivity index (χ3v) is 8.14. The van der Waals surface area contributed by atoms with Gasteiger partial charge in [-0.1, -0.05) is 100.0 Å². The molecule has 6 heteroatoms. The predicted molar refractivity (Wildman–Crippen MR) is 157 cm³/mol. The van der Waals surface area contributed by atoms with Gasteiger partial charge in [0, 0.05) is 13.1 Å². The summed E-state index contributed by atoms with van der Waals surface area (Å²) in [6, 6.07) is 28.6. The zero-order valence-corrected chi connectivity index (χ0v) is 23.3. The third kappa shape index (κ3) is 8.22. The first-order valence-corrected chi connectivity index (χ1v) is 14.2. The lowest BCUT2D eigenvalue weighted by molar-refractivity contribution is 0.313. The van der Waals surface area contributed by atoms with E-state index in [2.05, 4.69) is 49.1 Å². The zero-order valence-electron chi connectivity index (χ0n) is 21.6. The molecule has 0 spiro atoms. The maximum atomic E-state index is 13.2. The summed E-state index contributed by atoms with van der Waals surface area (Å²) in [5, 5.41) is 0. The molecule has 0 atom stereocenters. The molecule has 0 bridgehead atoms. The lowest BCUT2D eigenvalue weighted by Crippen LogP contribution is -2.40. The largest absolute Gasteiger partial charge is 0.302 e. The quantitative estimate of drug-likeness (QED) is 0.226. The fourth-order valence-electron chi connectivity index (χ4n) is 4.11. The smallest absolute Gasteiger partial charge is 0.235 e. The summed E-state index contributed by atoms with van der Waals surface area (Å²) in [5.74, 6) is 0.176. The summed E-state index contributed by atoms with van der Waals surface area (Å²) < 4.78 is 28.0. The molecular formula is C30H39ClN2O2S. The maximum absolute atomic E-state index is 13.2. The Morgan fingerprint density at radius 1 is 0.750 bits per heavy atom. The van der Waals surface area contributed by atoms with Crippen molar-refractivity contribution in [2.24, 2.45) is 0 Å². The number of unbranched alkanes of at least 4 members (excludes halogenated alkanes) is 1. The average molecular weight is 527 g/mol. The molecule has 36 heavy (non-hydrogen) atoms. The highest BCUT2D eigenvalue weighted by molar-refractivity contribution is 7.92. The van der Waals surface area contributed by atoms with E-state index in [1.807, 2.05) is 67.6 Å². The Labute approximate surface area is 224 Å².